The first kappa shape index (κ1) is 7.42. The third-order valence-corrected chi connectivity index (χ3v) is 1.63. The van der Waals surface area contributed by atoms with Crippen molar-refractivity contribution in [2.24, 2.45) is 0 Å². The standard InChI is InChI=1S/C8H9N3/c1-5-2-3-6(4-9)8(11)7(5)10/h2-3H,10-11H2,1H3. The van der Waals surface area contributed by atoms with Gasteiger partial charge in [0.15, 0.2) is 0 Å². The summed E-state index contributed by atoms with van der Waals surface area (Å²) in [5.41, 5.74) is 13.4. The first-order chi connectivity index (χ1) is 5.16. The zero-order valence-electron chi connectivity index (χ0n) is 6.26. The zero-order chi connectivity index (χ0) is 8.43. The van der Waals surface area contributed by atoms with Crippen LogP contribution >= 0.6 is 0 Å². The van der Waals surface area contributed by atoms with Crippen molar-refractivity contribution in [2.45, 2.75) is 6.92 Å². The van der Waals surface area contributed by atoms with Gasteiger partial charge in [-0.05, 0) is 18.6 Å². The molecule has 0 radical (unpaired) electrons. The smallest absolute Gasteiger partial charge is 0.101 e. The number of aryl methyl sites for hydroxylation is 1. The number of benzene rings is 1. The fraction of sp³-hybridized carbons (Fsp3) is 0.125. The molecule has 0 saturated heterocycles. The van der Waals surface area contributed by atoms with Crippen LogP contribution in [-0.4, -0.2) is 0 Å². The van der Waals surface area contributed by atoms with E-state index in [9.17, 15) is 0 Å². The highest BCUT2D eigenvalue weighted by atomic mass is 14.7. The first-order valence-corrected chi connectivity index (χ1v) is 3.21. The quantitative estimate of drug-likeness (QED) is 0.538. The Kier molecular flexibility index (Phi) is 1.69. The number of nitrogens with zero attached hydrogens (tertiary/aromatic N) is 1. The molecule has 4 N–H and O–H groups in total. The van der Waals surface area contributed by atoms with Crippen molar-refractivity contribution in [1.29, 1.82) is 5.26 Å². The lowest BCUT2D eigenvalue weighted by atomic mass is 10.1. The molecule has 1 rings (SSSR count). The molecule has 0 bridgehead atoms. The normalized spacial score (nSPS) is 9.09. The Hall–Kier alpha value is -1.69. The summed E-state index contributed by atoms with van der Waals surface area (Å²) in [4.78, 5) is 0. The zero-order valence-corrected chi connectivity index (χ0v) is 6.26. The van der Waals surface area contributed by atoms with Gasteiger partial charge in [-0.2, -0.15) is 5.26 Å². The maximum absolute atomic E-state index is 8.55. The van der Waals surface area contributed by atoms with Gasteiger partial charge >= 0.3 is 0 Å². The highest BCUT2D eigenvalue weighted by molar-refractivity contribution is 5.73. The topological polar surface area (TPSA) is 75.8 Å². The second kappa shape index (κ2) is 2.51. The molecule has 0 aliphatic carbocycles. The molecule has 0 fully saturated rings. The average Bonchev–Trinajstić information content (AvgIpc) is 2.01. The molecule has 1 aromatic carbocycles. The van der Waals surface area contributed by atoms with Crippen LogP contribution in [-0.2, 0) is 0 Å². The van der Waals surface area contributed by atoms with E-state index in [2.05, 4.69) is 0 Å². The van der Waals surface area contributed by atoms with Crippen molar-refractivity contribution in [1.82, 2.24) is 0 Å². The molecule has 1 aromatic rings. The predicted molar refractivity (Wildman–Crippen MR) is 44.7 cm³/mol. The minimum atomic E-state index is 0.382. The molecule has 56 valence electrons. The van der Waals surface area contributed by atoms with E-state index in [4.69, 9.17) is 16.7 Å². The largest absolute Gasteiger partial charge is 0.397 e. The number of nitrogens with two attached hydrogens (primary N) is 2. The van der Waals surface area contributed by atoms with E-state index in [0.717, 1.165) is 5.56 Å². The second-order valence-electron chi connectivity index (χ2n) is 2.37. The fourth-order valence-electron chi connectivity index (χ4n) is 0.843. The summed E-state index contributed by atoms with van der Waals surface area (Å²) in [6.45, 7) is 1.85. The first-order valence-electron chi connectivity index (χ1n) is 3.21. The van der Waals surface area contributed by atoms with Crippen LogP contribution in [0.3, 0.4) is 0 Å². The lowest BCUT2D eigenvalue weighted by molar-refractivity contribution is 1.43. The lowest BCUT2D eigenvalue weighted by Crippen LogP contribution is -1.99. The number of anilines is 2. The van der Waals surface area contributed by atoms with E-state index < -0.39 is 0 Å². The summed E-state index contributed by atoms with van der Waals surface area (Å²) in [6.07, 6.45) is 0. The van der Waals surface area contributed by atoms with Gasteiger partial charge in [-0.25, -0.2) is 0 Å². The Morgan fingerprint density at radius 3 is 2.45 bits per heavy atom. The Bertz CT molecular complexity index is 323. The van der Waals surface area contributed by atoms with Crippen LogP contribution in [0.4, 0.5) is 11.4 Å². The third-order valence-electron chi connectivity index (χ3n) is 1.63. The Morgan fingerprint density at radius 2 is 1.91 bits per heavy atom. The van der Waals surface area contributed by atoms with Gasteiger partial charge in [0, 0.05) is 0 Å². The van der Waals surface area contributed by atoms with Crippen molar-refractivity contribution in [3.8, 4) is 6.07 Å². The van der Waals surface area contributed by atoms with E-state index in [1.165, 1.54) is 0 Å². The molecule has 11 heavy (non-hydrogen) atoms. The molecule has 0 heterocycles. The van der Waals surface area contributed by atoms with Crippen LogP contribution in [0.25, 0.3) is 0 Å². The van der Waals surface area contributed by atoms with Crippen molar-refractivity contribution in [2.75, 3.05) is 11.5 Å². The molecule has 3 heteroatoms. The van der Waals surface area contributed by atoms with E-state index in [1.54, 1.807) is 12.1 Å². The summed E-state index contributed by atoms with van der Waals surface area (Å²) in [7, 11) is 0. The van der Waals surface area contributed by atoms with E-state index >= 15 is 0 Å². The van der Waals surface area contributed by atoms with Crippen LogP contribution in [0.2, 0.25) is 0 Å². The van der Waals surface area contributed by atoms with Crippen LogP contribution in [0, 0.1) is 18.3 Å². The molecule has 0 atom stereocenters. The molecule has 0 aromatic heterocycles. The highest BCUT2D eigenvalue weighted by Gasteiger charge is 2.02. The summed E-state index contributed by atoms with van der Waals surface area (Å²) in [5.74, 6) is 0. The van der Waals surface area contributed by atoms with Crippen LogP contribution in [0.5, 0.6) is 0 Å². The van der Waals surface area contributed by atoms with E-state index in [-0.39, 0.29) is 0 Å². The molecule has 0 unspecified atom stereocenters. The number of nitrogen functional groups attached to an aromatic ring is 2. The number of hydrogen-bond donors (Lipinski definition) is 2. The number of nitriles is 1. The summed E-state index contributed by atoms with van der Waals surface area (Å²) >= 11 is 0. The average molecular weight is 147 g/mol. The van der Waals surface area contributed by atoms with Crippen molar-refractivity contribution in [3.05, 3.63) is 23.3 Å². The van der Waals surface area contributed by atoms with Gasteiger partial charge in [0.05, 0.1) is 16.9 Å². The molecule has 0 aliphatic rings. The Morgan fingerprint density at radius 1 is 1.27 bits per heavy atom. The van der Waals surface area contributed by atoms with Crippen LogP contribution in [0.1, 0.15) is 11.1 Å². The van der Waals surface area contributed by atoms with Gasteiger partial charge < -0.3 is 11.5 Å². The molecule has 0 saturated carbocycles. The second-order valence-corrected chi connectivity index (χ2v) is 2.37. The molecule has 3 nitrogen and oxygen atoms in total. The van der Waals surface area contributed by atoms with Crippen molar-refractivity contribution < 1.29 is 0 Å². The van der Waals surface area contributed by atoms with Gasteiger partial charge in [-0.1, -0.05) is 6.07 Å². The molecular weight excluding hydrogens is 138 g/mol. The Labute approximate surface area is 65.2 Å². The predicted octanol–water partition coefficient (Wildman–Crippen LogP) is 1.03. The summed E-state index contributed by atoms with van der Waals surface area (Å²) < 4.78 is 0. The minimum absolute atomic E-state index is 0.382. The van der Waals surface area contributed by atoms with Gasteiger partial charge in [0.2, 0.25) is 0 Å². The number of rotatable bonds is 0. The van der Waals surface area contributed by atoms with Crippen LogP contribution in [0.15, 0.2) is 12.1 Å². The molecule has 0 aliphatic heterocycles. The third kappa shape index (κ3) is 1.10. The van der Waals surface area contributed by atoms with Gasteiger partial charge in [0.25, 0.3) is 0 Å². The SMILES string of the molecule is Cc1ccc(C#N)c(N)c1N. The monoisotopic (exact) mass is 147 g/mol. The van der Waals surface area contributed by atoms with E-state index in [0.29, 0.717) is 16.9 Å². The number of hydrogen-bond acceptors (Lipinski definition) is 3. The van der Waals surface area contributed by atoms with Gasteiger partial charge in [-0.3, -0.25) is 0 Å². The highest BCUT2D eigenvalue weighted by Crippen LogP contribution is 2.22. The maximum Gasteiger partial charge on any atom is 0.101 e. The summed E-state index contributed by atoms with van der Waals surface area (Å²) in [5, 5.41) is 8.55. The lowest BCUT2D eigenvalue weighted by Gasteiger charge is -2.04. The van der Waals surface area contributed by atoms with Crippen LogP contribution < -0.4 is 11.5 Å². The molecule has 0 amide bonds. The maximum atomic E-state index is 8.55. The Balaban J connectivity index is 3.40. The van der Waals surface area contributed by atoms with Crippen molar-refractivity contribution >= 4 is 11.4 Å². The van der Waals surface area contributed by atoms with E-state index in [1.807, 2.05) is 13.0 Å². The molecule has 0 spiro atoms. The fourth-order valence-corrected chi connectivity index (χ4v) is 0.843. The van der Waals surface area contributed by atoms with Gasteiger partial charge in [-0.15, -0.1) is 0 Å². The molecular formula is C8H9N3. The summed E-state index contributed by atoms with van der Waals surface area (Å²) in [6, 6.07) is 5.41. The van der Waals surface area contributed by atoms with Gasteiger partial charge in [0.1, 0.15) is 6.07 Å². The minimum Gasteiger partial charge on any atom is -0.397 e. The van der Waals surface area contributed by atoms with Crippen molar-refractivity contribution in [3.63, 3.8) is 0 Å².